The van der Waals surface area contributed by atoms with Crippen molar-refractivity contribution in [3.8, 4) is 0 Å². The van der Waals surface area contributed by atoms with Crippen molar-refractivity contribution < 1.29 is 14.3 Å². The molecular weight excluding hydrogens is 336 g/mol. The lowest BCUT2D eigenvalue weighted by atomic mass is 10.0. The molecule has 0 radical (unpaired) electrons. The number of carbonyl (C=O) groups excluding carboxylic acids is 1. The molecule has 0 aromatic carbocycles. The summed E-state index contributed by atoms with van der Waals surface area (Å²) in [5, 5.41) is 0. The predicted molar refractivity (Wildman–Crippen MR) is 108 cm³/mol. The van der Waals surface area contributed by atoms with Crippen LogP contribution >= 0.6 is 11.6 Å². The summed E-state index contributed by atoms with van der Waals surface area (Å²) >= 11 is 5.55. The van der Waals surface area contributed by atoms with Gasteiger partial charge in [-0.15, -0.1) is 11.6 Å². The Morgan fingerprint density at radius 1 is 0.600 bits per heavy atom. The van der Waals surface area contributed by atoms with E-state index >= 15 is 0 Å². The molecule has 0 saturated carbocycles. The molecule has 0 bridgehead atoms. The fraction of sp³-hybridized carbons (Fsp3) is 0.952. The number of ether oxygens (including phenoxy) is 2. The second-order valence-electron chi connectivity index (χ2n) is 6.94. The van der Waals surface area contributed by atoms with E-state index in [0.717, 1.165) is 25.7 Å². The molecule has 0 amide bonds. The minimum atomic E-state index is -0.538. The normalized spacial score (nSPS) is 10.8. The molecule has 0 spiro atoms. The molecule has 0 rings (SSSR count). The number of hydrogen-bond donors (Lipinski definition) is 0. The van der Waals surface area contributed by atoms with Gasteiger partial charge in [-0.25, -0.2) is 4.79 Å². The van der Waals surface area contributed by atoms with Crippen molar-refractivity contribution in [2.75, 3.05) is 19.1 Å². The average Bonchev–Trinajstić information content (AvgIpc) is 2.62. The van der Waals surface area contributed by atoms with Crippen molar-refractivity contribution in [2.45, 2.75) is 110 Å². The van der Waals surface area contributed by atoms with Crippen LogP contribution in [0.5, 0.6) is 0 Å². The molecule has 0 aliphatic rings. The van der Waals surface area contributed by atoms with Crippen molar-refractivity contribution in [1.82, 2.24) is 0 Å². The molecule has 150 valence electrons. The first-order valence-corrected chi connectivity index (χ1v) is 11.2. The number of rotatable bonds is 19. The lowest BCUT2D eigenvalue weighted by Gasteiger charge is -2.06. The van der Waals surface area contributed by atoms with E-state index in [1.165, 1.54) is 77.0 Å². The molecule has 0 aromatic heterocycles. The van der Waals surface area contributed by atoms with Crippen LogP contribution in [0.15, 0.2) is 0 Å². The number of carbonyl (C=O) groups is 1. The van der Waals surface area contributed by atoms with Gasteiger partial charge in [-0.2, -0.15) is 0 Å². The SMILES string of the molecule is CCCCCCCCCCCCCCCCOC(=O)OCCCCCl. The van der Waals surface area contributed by atoms with Gasteiger partial charge in [0.2, 0.25) is 0 Å². The number of unbranched alkanes of at least 4 members (excludes halogenated alkanes) is 14. The number of alkyl halides is 1. The van der Waals surface area contributed by atoms with Crippen molar-refractivity contribution in [2.24, 2.45) is 0 Å². The van der Waals surface area contributed by atoms with E-state index in [0.29, 0.717) is 19.1 Å². The van der Waals surface area contributed by atoms with E-state index in [9.17, 15) is 4.79 Å². The zero-order chi connectivity index (χ0) is 18.4. The molecule has 0 N–H and O–H groups in total. The van der Waals surface area contributed by atoms with Crippen LogP contribution in [0, 0.1) is 0 Å². The minimum Gasteiger partial charge on any atom is -0.434 e. The van der Waals surface area contributed by atoms with Crippen LogP contribution in [0.1, 0.15) is 110 Å². The van der Waals surface area contributed by atoms with E-state index in [1.54, 1.807) is 0 Å². The molecule has 25 heavy (non-hydrogen) atoms. The molecule has 0 aliphatic heterocycles. The maximum Gasteiger partial charge on any atom is 0.508 e. The Balaban J connectivity index is 3.08. The van der Waals surface area contributed by atoms with Gasteiger partial charge >= 0.3 is 6.16 Å². The van der Waals surface area contributed by atoms with Gasteiger partial charge in [-0.1, -0.05) is 90.4 Å². The highest BCUT2D eigenvalue weighted by Gasteiger charge is 2.02. The Morgan fingerprint density at radius 2 is 0.960 bits per heavy atom. The summed E-state index contributed by atoms with van der Waals surface area (Å²) in [5.41, 5.74) is 0. The molecule has 0 fully saturated rings. The first-order valence-electron chi connectivity index (χ1n) is 10.7. The van der Waals surface area contributed by atoms with Crippen LogP contribution in [0.4, 0.5) is 4.79 Å². The van der Waals surface area contributed by atoms with Gasteiger partial charge in [0.05, 0.1) is 13.2 Å². The first kappa shape index (κ1) is 24.6. The zero-order valence-electron chi connectivity index (χ0n) is 16.5. The van der Waals surface area contributed by atoms with E-state index in [1.807, 2.05) is 0 Å². The Morgan fingerprint density at radius 3 is 1.36 bits per heavy atom. The summed E-state index contributed by atoms with van der Waals surface area (Å²) < 4.78 is 9.98. The van der Waals surface area contributed by atoms with Gasteiger partial charge in [0.25, 0.3) is 0 Å². The van der Waals surface area contributed by atoms with Crippen LogP contribution in [-0.4, -0.2) is 25.2 Å². The first-order chi connectivity index (χ1) is 12.3. The maximum absolute atomic E-state index is 11.3. The number of halogens is 1. The van der Waals surface area contributed by atoms with E-state index in [2.05, 4.69) is 6.92 Å². The molecule has 0 aliphatic carbocycles. The third-order valence-electron chi connectivity index (χ3n) is 4.47. The molecule has 4 heteroatoms. The number of hydrogen-bond acceptors (Lipinski definition) is 3. The third-order valence-corrected chi connectivity index (χ3v) is 4.73. The third kappa shape index (κ3) is 21.5. The fourth-order valence-electron chi connectivity index (χ4n) is 2.85. The van der Waals surface area contributed by atoms with Gasteiger partial charge in [0.1, 0.15) is 0 Å². The summed E-state index contributed by atoms with van der Waals surface area (Å²) in [7, 11) is 0. The van der Waals surface area contributed by atoms with Crippen LogP contribution in [0.25, 0.3) is 0 Å². The van der Waals surface area contributed by atoms with Crippen molar-refractivity contribution in [1.29, 1.82) is 0 Å². The van der Waals surface area contributed by atoms with E-state index < -0.39 is 6.16 Å². The van der Waals surface area contributed by atoms with Crippen molar-refractivity contribution >= 4 is 17.8 Å². The second-order valence-corrected chi connectivity index (χ2v) is 7.32. The molecule has 0 saturated heterocycles. The summed E-state index contributed by atoms with van der Waals surface area (Å²) in [6.45, 7) is 3.16. The zero-order valence-corrected chi connectivity index (χ0v) is 17.3. The van der Waals surface area contributed by atoms with Gasteiger partial charge in [-0.05, 0) is 19.3 Å². The van der Waals surface area contributed by atoms with Gasteiger partial charge in [-0.3, -0.25) is 0 Å². The van der Waals surface area contributed by atoms with Crippen LogP contribution in [-0.2, 0) is 9.47 Å². The smallest absolute Gasteiger partial charge is 0.434 e. The lowest BCUT2D eigenvalue weighted by molar-refractivity contribution is 0.0532. The Bertz CT molecular complexity index is 272. The lowest BCUT2D eigenvalue weighted by Crippen LogP contribution is -2.09. The average molecular weight is 377 g/mol. The van der Waals surface area contributed by atoms with Gasteiger partial charge in [0, 0.05) is 5.88 Å². The highest BCUT2D eigenvalue weighted by atomic mass is 35.5. The van der Waals surface area contributed by atoms with Crippen LogP contribution in [0.2, 0.25) is 0 Å². The monoisotopic (exact) mass is 376 g/mol. The van der Waals surface area contributed by atoms with E-state index in [4.69, 9.17) is 21.1 Å². The summed E-state index contributed by atoms with van der Waals surface area (Å²) in [5.74, 6) is 0.609. The van der Waals surface area contributed by atoms with Crippen molar-refractivity contribution in [3.63, 3.8) is 0 Å². The molecule has 0 unspecified atom stereocenters. The quantitative estimate of drug-likeness (QED) is 0.132. The fourth-order valence-corrected chi connectivity index (χ4v) is 3.03. The largest absolute Gasteiger partial charge is 0.508 e. The standard InChI is InChI=1S/C21H41ClO3/c1-2-3-4-5-6-7-8-9-10-11-12-13-14-16-19-24-21(23)25-20-17-15-18-22/h2-20H2,1H3. The van der Waals surface area contributed by atoms with Crippen LogP contribution < -0.4 is 0 Å². The van der Waals surface area contributed by atoms with Gasteiger partial charge in [0.15, 0.2) is 0 Å². The Kier molecular flexibility index (Phi) is 21.2. The maximum atomic E-state index is 11.3. The molecule has 0 heterocycles. The highest BCUT2D eigenvalue weighted by Crippen LogP contribution is 2.13. The summed E-state index contributed by atoms with van der Waals surface area (Å²) in [6.07, 6.45) is 19.7. The Labute approximate surface area is 161 Å². The predicted octanol–water partition coefficient (Wildman–Crippen LogP) is 7.64. The molecule has 0 aromatic rings. The molecule has 3 nitrogen and oxygen atoms in total. The van der Waals surface area contributed by atoms with Crippen molar-refractivity contribution in [3.05, 3.63) is 0 Å². The summed E-state index contributed by atoms with van der Waals surface area (Å²) in [6, 6.07) is 0. The van der Waals surface area contributed by atoms with E-state index in [-0.39, 0.29) is 0 Å². The minimum absolute atomic E-state index is 0.407. The second kappa shape index (κ2) is 21.6. The molecular formula is C21H41ClO3. The van der Waals surface area contributed by atoms with Crippen LogP contribution in [0.3, 0.4) is 0 Å². The molecule has 0 atom stereocenters. The van der Waals surface area contributed by atoms with Gasteiger partial charge < -0.3 is 9.47 Å². The Hall–Kier alpha value is -0.440. The summed E-state index contributed by atoms with van der Waals surface area (Å²) in [4.78, 5) is 11.3. The highest BCUT2D eigenvalue weighted by molar-refractivity contribution is 6.17. The topological polar surface area (TPSA) is 35.5 Å².